The third kappa shape index (κ3) is 3.08. The lowest BCUT2D eigenvalue weighted by molar-refractivity contribution is 1.23. The predicted octanol–water partition coefficient (Wildman–Crippen LogP) is 5.04. The second-order valence-electron chi connectivity index (χ2n) is 2.16. The maximum Gasteiger partial charge on any atom is 0.216 e. The van der Waals surface area contributed by atoms with Gasteiger partial charge in [-0.25, -0.2) is 0 Å². The van der Waals surface area contributed by atoms with Crippen molar-refractivity contribution in [1.29, 1.82) is 0 Å². The lowest BCUT2D eigenvalue weighted by Gasteiger charge is -2.11. The molecule has 0 aliphatic heterocycles. The highest BCUT2D eigenvalue weighted by Crippen LogP contribution is 2.40. The number of hydrogen-bond donors (Lipinski definition) is 0. The van der Waals surface area contributed by atoms with Crippen LogP contribution in [0.2, 0.25) is 0 Å². The van der Waals surface area contributed by atoms with Crippen molar-refractivity contribution in [3.05, 3.63) is 32.7 Å². The minimum absolute atomic E-state index is 0.633. The Hall–Kier alpha value is 1.05. The molecule has 0 N–H and O–H groups in total. The van der Waals surface area contributed by atoms with Gasteiger partial charge in [-0.1, -0.05) is 66.7 Å². The highest BCUT2D eigenvalue weighted by atomic mass is 79.9. The quantitative estimate of drug-likeness (QED) is 0.574. The Labute approximate surface area is 102 Å². The summed E-state index contributed by atoms with van der Waals surface area (Å²) in [7, 11) is 0. The van der Waals surface area contributed by atoms with Crippen LogP contribution in [-0.2, 0) is 3.79 Å². The van der Waals surface area contributed by atoms with E-state index in [1.165, 1.54) is 0 Å². The van der Waals surface area contributed by atoms with Gasteiger partial charge in [-0.2, -0.15) is 0 Å². The van der Waals surface area contributed by atoms with Crippen LogP contribution in [0.15, 0.2) is 27.1 Å². The monoisotopic (exact) mass is 350 g/mol. The van der Waals surface area contributed by atoms with E-state index in [0.29, 0.717) is 5.56 Å². The molecule has 0 nitrogen and oxygen atoms in total. The summed E-state index contributed by atoms with van der Waals surface area (Å²) in [5, 5.41) is 0. The van der Waals surface area contributed by atoms with E-state index >= 15 is 0 Å². The molecule has 0 fully saturated rings. The van der Waals surface area contributed by atoms with Gasteiger partial charge >= 0.3 is 0 Å². The molecule has 0 amide bonds. The van der Waals surface area contributed by atoms with E-state index in [0.717, 1.165) is 8.95 Å². The van der Waals surface area contributed by atoms with Crippen LogP contribution < -0.4 is 0 Å². The van der Waals surface area contributed by atoms with E-state index in [-0.39, 0.29) is 0 Å². The van der Waals surface area contributed by atoms with Crippen LogP contribution in [0.3, 0.4) is 0 Å². The Morgan fingerprint density at radius 1 is 0.917 bits per heavy atom. The molecule has 0 radical (unpaired) electrons. The van der Waals surface area contributed by atoms with Crippen LogP contribution >= 0.6 is 66.7 Å². The third-order valence-electron chi connectivity index (χ3n) is 1.19. The van der Waals surface area contributed by atoms with Gasteiger partial charge in [-0.3, -0.25) is 0 Å². The first-order chi connectivity index (χ1) is 5.39. The van der Waals surface area contributed by atoms with Crippen LogP contribution in [0.5, 0.6) is 0 Å². The Morgan fingerprint density at radius 3 is 1.67 bits per heavy atom. The number of alkyl halides is 3. The van der Waals surface area contributed by atoms with Crippen molar-refractivity contribution >= 4 is 66.7 Å². The van der Waals surface area contributed by atoms with E-state index in [1.807, 2.05) is 6.07 Å². The van der Waals surface area contributed by atoms with E-state index in [2.05, 4.69) is 31.9 Å². The van der Waals surface area contributed by atoms with Gasteiger partial charge in [-0.15, -0.1) is 0 Å². The molecule has 0 saturated carbocycles. The first-order valence-electron chi connectivity index (χ1n) is 2.93. The summed E-state index contributed by atoms with van der Waals surface area (Å²) in [6.45, 7) is 0. The van der Waals surface area contributed by atoms with Crippen molar-refractivity contribution in [2.75, 3.05) is 0 Å². The van der Waals surface area contributed by atoms with Crippen molar-refractivity contribution in [3.63, 3.8) is 0 Å². The lowest BCUT2D eigenvalue weighted by atomic mass is 10.2. The van der Waals surface area contributed by atoms with E-state index < -0.39 is 3.79 Å². The molecule has 1 aromatic rings. The van der Waals surface area contributed by atoms with Gasteiger partial charge in [0.25, 0.3) is 0 Å². The molecule has 1 aromatic carbocycles. The van der Waals surface area contributed by atoms with Gasteiger partial charge in [0.05, 0.1) is 0 Å². The maximum absolute atomic E-state index is 5.69. The smallest absolute Gasteiger partial charge is 0.0784 e. The van der Waals surface area contributed by atoms with E-state index in [1.54, 1.807) is 12.1 Å². The molecule has 0 atom stereocenters. The molecule has 5 heteroatoms. The van der Waals surface area contributed by atoms with E-state index in [9.17, 15) is 0 Å². The number of hydrogen-bond acceptors (Lipinski definition) is 0. The molecule has 66 valence electrons. The van der Waals surface area contributed by atoms with Crippen LogP contribution in [0, 0.1) is 0 Å². The molecular formula is C7H3Br2Cl3. The van der Waals surface area contributed by atoms with Gasteiger partial charge in [0.1, 0.15) is 0 Å². The van der Waals surface area contributed by atoms with Crippen molar-refractivity contribution in [2.24, 2.45) is 0 Å². The SMILES string of the molecule is ClC(Cl)(Cl)c1cc(Br)cc(Br)c1. The largest absolute Gasteiger partial charge is 0.216 e. The van der Waals surface area contributed by atoms with Crippen molar-refractivity contribution in [3.8, 4) is 0 Å². The summed E-state index contributed by atoms with van der Waals surface area (Å²) in [5.41, 5.74) is 0.633. The molecule has 0 aliphatic rings. The first-order valence-corrected chi connectivity index (χ1v) is 5.65. The normalized spacial score (nSPS) is 11.8. The standard InChI is InChI=1S/C7H3Br2Cl3/c8-5-1-4(7(10,11)12)2-6(9)3-5/h1-3H. The Kier molecular flexibility index (Phi) is 3.76. The zero-order chi connectivity index (χ0) is 9.35. The third-order valence-corrected chi connectivity index (χ3v) is 2.76. The van der Waals surface area contributed by atoms with Crippen LogP contribution in [0.4, 0.5) is 0 Å². The van der Waals surface area contributed by atoms with Gasteiger partial charge in [-0.05, 0) is 18.2 Å². The van der Waals surface area contributed by atoms with Crippen molar-refractivity contribution < 1.29 is 0 Å². The average Bonchev–Trinajstić information content (AvgIpc) is 1.82. The summed E-state index contributed by atoms with van der Waals surface area (Å²) in [5.74, 6) is 0. The molecule has 0 heterocycles. The Bertz CT molecular complexity index is 273. The van der Waals surface area contributed by atoms with Crippen LogP contribution in [-0.4, -0.2) is 0 Å². The van der Waals surface area contributed by atoms with Crippen LogP contribution in [0.25, 0.3) is 0 Å². The summed E-state index contributed by atoms with van der Waals surface area (Å²) < 4.78 is 0.378. The average molecular weight is 353 g/mol. The molecule has 0 saturated heterocycles. The zero-order valence-electron chi connectivity index (χ0n) is 5.62. The predicted molar refractivity (Wildman–Crippen MR) is 61.1 cm³/mol. The minimum atomic E-state index is -1.37. The molecule has 0 unspecified atom stereocenters. The van der Waals surface area contributed by atoms with Gasteiger partial charge < -0.3 is 0 Å². The molecule has 0 aliphatic carbocycles. The van der Waals surface area contributed by atoms with Gasteiger partial charge in [0.15, 0.2) is 0 Å². The fourth-order valence-corrected chi connectivity index (χ4v) is 2.34. The van der Waals surface area contributed by atoms with Crippen LogP contribution in [0.1, 0.15) is 5.56 Å². The minimum Gasteiger partial charge on any atom is -0.0784 e. The van der Waals surface area contributed by atoms with Gasteiger partial charge in [0.2, 0.25) is 3.79 Å². The summed E-state index contributed by atoms with van der Waals surface area (Å²) in [4.78, 5) is 0. The molecular weight excluding hydrogens is 350 g/mol. The molecule has 12 heavy (non-hydrogen) atoms. The van der Waals surface area contributed by atoms with E-state index in [4.69, 9.17) is 34.8 Å². The topological polar surface area (TPSA) is 0 Å². The second-order valence-corrected chi connectivity index (χ2v) is 6.27. The molecule has 0 aromatic heterocycles. The zero-order valence-corrected chi connectivity index (χ0v) is 11.1. The summed E-state index contributed by atoms with van der Waals surface area (Å²) >= 11 is 23.7. The number of halogens is 5. The van der Waals surface area contributed by atoms with Gasteiger partial charge in [0, 0.05) is 14.5 Å². The summed E-state index contributed by atoms with van der Waals surface area (Å²) in [6, 6.07) is 5.40. The highest BCUT2D eigenvalue weighted by Gasteiger charge is 2.23. The number of benzene rings is 1. The fraction of sp³-hybridized carbons (Fsp3) is 0.143. The van der Waals surface area contributed by atoms with Crippen molar-refractivity contribution in [1.82, 2.24) is 0 Å². The first kappa shape index (κ1) is 11.1. The lowest BCUT2D eigenvalue weighted by Crippen LogP contribution is -1.99. The summed E-state index contributed by atoms with van der Waals surface area (Å²) in [6.07, 6.45) is 0. The second kappa shape index (κ2) is 4.05. The number of rotatable bonds is 0. The maximum atomic E-state index is 5.69. The van der Waals surface area contributed by atoms with Crippen molar-refractivity contribution in [2.45, 2.75) is 3.79 Å². The molecule has 1 rings (SSSR count). The Morgan fingerprint density at radius 2 is 1.33 bits per heavy atom. The fourth-order valence-electron chi connectivity index (χ4n) is 0.717. The Balaban J connectivity index is 3.18. The molecule has 0 spiro atoms. The highest BCUT2D eigenvalue weighted by molar-refractivity contribution is 9.11. The molecule has 0 bridgehead atoms.